The molecule has 150 valence electrons. The van der Waals surface area contributed by atoms with Gasteiger partial charge in [0, 0.05) is 29.5 Å². The van der Waals surface area contributed by atoms with Crippen LogP contribution in [0.25, 0.3) is 16.9 Å². The van der Waals surface area contributed by atoms with Crippen molar-refractivity contribution in [2.75, 3.05) is 13.1 Å². The number of para-hydroxylation sites is 1. The lowest BCUT2D eigenvalue weighted by molar-refractivity contribution is 0.0696. The van der Waals surface area contributed by atoms with E-state index in [1.54, 1.807) is 0 Å². The third-order valence-electron chi connectivity index (χ3n) is 6.04. The summed E-state index contributed by atoms with van der Waals surface area (Å²) in [7, 11) is 0. The fourth-order valence-electron chi connectivity index (χ4n) is 4.16. The largest absolute Gasteiger partial charge is 0.339 e. The molecule has 1 aliphatic heterocycles. The molecule has 0 atom stereocenters. The molecule has 0 bridgehead atoms. The zero-order chi connectivity index (χ0) is 20.5. The zero-order valence-corrected chi connectivity index (χ0v) is 18.0. The molecule has 1 aromatic heterocycles. The molecule has 0 saturated carbocycles. The standard InChI is InChI=1S/C25H27ClN2O/c1-17-12-14-27(15-13-17)25(29)22-16-24(20-8-10-21(26)11-9-20)28(19(22)3)23-7-5-4-6-18(23)2/h4-11,16-17H,12-15H2,1-3H3. The van der Waals surface area contributed by atoms with Gasteiger partial charge in [-0.1, -0.05) is 48.9 Å². The number of benzene rings is 2. The molecule has 0 unspecified atom stereocenters. The molecule has 3 aromatic rings. The normalized spacial score (nSPS) is 15.0. The molecular formula is C25H27ClN2O. The Kier molecular flexibility index (Phi) is 5.51. The summed E-state index contributed by atoms with van der Waals surface area (Å²) in [5, 5.41) is 0.707. The molecule has 1 fully saturated rings. The predicted octanol–water partition coefficient (Wildman–Crippen LogP) is 6.29. The van der Waals surface area contributed by atoms with Gasteiger partial charge in [0.1, 0.15) is 0 Å². The van der Waals surface area contributed by atoms with Crippen molar-refractivity contribution >= 4 is 17.5 Å². The molecule has 2 aromatic carbocycles. The number of nitrogens with zero attached hydrogens (tertiary/aromatic N) is 2. The number of amides is 1. The average Bonchev–Trinajstić information content (AvgIpc) is 3.06. The van der Waals surface area contributed by atoms with Crippen molar-refractivity contribution in [3.05, 3.63) is 76.4 Å². The Balaban J connectivity index is 1.84. The van der Waals surface area contributed by atoms with Crippen LogP contribution in [0.15, 0.2) is 54.6 Å². The van der Waals surface area contributed by atoms with Crippen LogP contribution < -0.4 is 0 Å². The third kappa shape index (κ3) is 3.84. The molecule has 1 aliphatic rings. The topological polar surface area (TPSA) is 25.2 Å². The van der Waals surface area contributed by atoms with Gasteiger partial charge >= 0.3 is 0 Å². The summed E-state index contributed by atoms with van der Waals surface area (Å²) in [6, 6.07) is 18.2. The molecule has 1 saturated heterocycles. The molecule has 0 N–H and O–H groups in total. The predicted molar refractivity (Wildman–Crippen MR) is 120 cm³/mol. The molecule has 29 heavy (non-hydrogen) atoms. The molecule has 4 heteroatoms. The number of carbonyl (C=O) groups excluding carboxylic acids is 1. The maximum absolute atomic E-state index is 13.4. The van der Waals surface area contributed by atoms with Crippen LogP contribution in [0.4, 0.5) is 0 Å². The Morgan fingerprint density at radius 2 is 1.66 bits per heavy atom. The van der Waals surface area contributed by atoms with E-state index in [1.807, 2.05) is 54.3 Å². The highest BCUT2D eigenvalue weighted by molar-refractivity contribution is 6.30. The van der Waals surface area contributed by atoms with Crippen LogP contribution >= 0.6 is 11.6 Å². The lowest BCUT2D eigenvalue weighted by Crippen LogP contribution is -2.38. The lowest BCUT2D eigenvalue weighted by atomic mass is 9.98. The first-order valence-corrected chi connectivity index (χ1v) is 10.7. The first kappa shape index (κ1) is 19.8. The minimum Gasteiger partial charge on any atom is -0.339 e. The third-order valence-corrected chi connectivity index (χ3v) is 6.30. The van der Waals surface area contributed by atoms with Crippen LogP contribution in [-0.2, 0) is 0 Å². The summed E-state index contributed by atoms with van der Waals surface area (Å²) in [4.78, 5) is 15.4. The number of hydrogen-bond donors (Lipinski definition) is 0. The number of halogens is 1. The quantitative estimate of drug-likeness (QED) is 0.502. The fraction of sp³-hybridized carbons (Fsp3) is 0.320. The summed E-state index contributed by atoms with van der Waals surface area (Å²) < 4.78 is 2.21. The van der Waals surface area contributed by atoms with E-state index in [-0.39, 0.29) is 5.91 Å². The zero-order valence-electron chi connectivity index (χ0n) is 17.3. The van der Waals surface area contributed by atoms with Gasteiger partial charge in [-0.05, 0) is 68.0 Å². The molecular weight excluding hydrogens is 380 g/mol. The molecule has 0 aliphatic carbocycles. The van der Waals surface area contributed by atoms with Crippen molar-refractivity contribution in [1.29, 1.82) is 0 Å². The van der Waals surface area contributed by atoms with Crippen molar-refractivity contribution in [2.24, 2.45) is 5.92 Å². The van der Waals surface area contributed by atoms with E-state index in [4.69, 9.17) is 11.6 Å². The van der Waals surface area contributed by atoms with Gasteiger partial charge in [-0.15, -0.1) is 0 Å². The summed E-state index contributed by atoms with van der Waals surface area (Å²) >= 11 is 6.11. The smallest absolute Gasteiger partial charge is 0.255 e. The number of likely N-dealkylation sites (tertiary alicyclic amines) is 1. The van der Waals surface area contributed by atoms with Gasteiger partial charge < -0.3 is 9.47 Å². The van der Waals surface area contributed by atoms with Crippen molar-refractivity contribution in [2.45, 2.75) is 33.6 Å². The van der Waals surface area contributed by atoms with Gasteiger partial charge in [0.2, 0.25) is 0 Å². The Bertz CT molecular complexity index is 1030. The van der Waals surface area contributed by atoms with Crippen LogP contribution in [0.3, 0.4) is 0 Å². The van der Waals surface area contributed by atoms with E-state index in [0.717, 1.165) is 54.1 Å². The highest BCUT2D eigenvalue weighted by Crippen LogP contribution is 2.32. The maximum Gasteiger partial charge on any atom is 0.255 e. The highest BCUT2D eigenvalue weighted by Gasteiger charge is 2.26. The van der Waals surface area contributed by atoms with Crippen LogP contribution in [-0.4, -0.2) is 28.5 Å². The van der Waals surface area contributed by atoms with E-state index in [0.29, 0.717) is 10.9 Å². The minimum atomic E-state index is 0.136. The molecule has 4 rings (SSSR count). The van der Waals surface area contributed by atoms with Gasteiger partial charge in [-0.3, -0.25) is 4.79 Å². The van der Waals surface area contributed by atoms with Crippen molar-refractivity contribution in [3.8, 4) is 16.9 Å². The number of carbonyl (C=O) groups is 1. The average molecular weight is 407 g/mol. The van der Waals surface area contributed by atoms with Gasteiger partial charge in [-0.2, -0.15) is 0 Å². The number of hydrogen-bond acceptors (Lipinski definition) is 1. The van der Waals surface area contributed by atoms with Crippen LogP contribution in [0.2, 0.25) is 5.02 Å². The Morgan fingerprint density at radius 3 is 2.31 bits per heavy atom. The van der Waals surface area contributed by atoms with E-state index in [9.17, 15) is 4.79 Å². The minimum absolute atomic E-state index is 0.136. The maximum atomic E-state index is 13.4. The first-order valence-electron chi connectivity index (χ1n) is 10.3. The first-order chi connectivity index (χ1) is 14.0. The van der Waals surface area contributed by atoms with E-state index < -0.39 is 0 Å². The summed E-state index contributed by atoms with van der Waals surface area (Å²) in [6.45, 7) is 8.09. The summed E-state index contributed by atoms with van der Waals surface area (Å²) in [5.41, 5.74) is 6.10. The number of aryl methyl sites for hydroxylation is 1. The van der Waals surface area contributed by atoms with E-state index in [2.05, 4.69) is 30.5 Å². The molecule has 2 heterocycles. The summed E-state index contributed by atoms with van der Waals surface area (Å²) in [6.07, 6.45) is 2.15. The summed E-state index contributed by atoms with van der Waals surface area (Å²) in [5.74, 6) is 0.832. The van der Waals surface area contributed by atoms with Crippen LogP contribution in [0, 0.1) is 19.8 Å². The molecule has 0 radical (unpaired) electrons. The highest BCUT2D eigenvalue weighted by atomic mass is 35.5. The van der Waals surface area contributed by atoms with Gasteiger partial charge in [0.05, 0.1) is 11.3 Å². The monoisotopic (exact) mass is 406 g/mol. The van der Waals surface area contributed by atoms with Gasteiger partial charge in [0.15, 0.2) is 0 Å². The van der Waals surface area contributed by atoms with Crippen LogP contribution in [0.5, 0.6) is 0 Å². The second-order valence-corrected chi connectivity index (χ2v) is 8.57. The van der Waals surface area contributed by atoms with Crippen molar-refractivity contribution in [1.82, 2.24) is 9.47 Å². The number of aromatic nitrogens is 1. The van der Waals surface area contributed by atoms with Gasteiger partial charge in [-0.25, -0.2) is 0 Å². The second-order valence-electron chi connectivity index (χ2n) is 8.13. The second kappa shape index (κ2) is 8.08. The van der Waals surface area contributed by atoms with Crippen LogP contribution in [0.1, 0.15) is 41.4 Å². The number of rotatable bonds is 3. The SMILES string of the molecule is Cc1ccccc1-n1c(-c2ccc(Cl)cc2)cc(C(=O)N2CCC(C)CC2)c1C. The molecule has 1 amide bonds. The number of piperidine rings is 1. The Hall–Kier alpha value is -2.52. The Morgan fingerprint density at radius 1 is 1.00 bits per heavy atom. The van der Waals surface area contributed by atoms with Crippen molar-refractivity contribution in [3.63, 3.8) is 0 Å². The van der Waals surface area contributed by atoms with Crippen molar-refractivity contribution < 1.29 is 4.79 Å². The molecule has 3 nitrogen and oxygen atoms in total. The van der Waals surface area contributed by atoms with Gasteiger partial charge in [0.25, 0.3) is 5.91 Å². The van der Waals surface area contributed by atoms with E-state index >= 15 is 0 Å². The lowest BCUT2D eigenvalue weighted by Gasteiger charge is -2.30. The van der Waals surface area contributed by atoms with E-state index in [1.165, 1.54) is 5.56 Å². The Labute approximate surface area is 177 Å². The fourth-order valence-corrected chi connectivity index (χ4v) is 4.29. The molecule has 0 spiro atoms.